The summed E-state index contributed by atoms with van der Waals surface area (Å²) in [5.41, 5.74) is 1.92. The topological polar surface area (TPSA) is 81.0 Å². The van der Waals surface area contributed by atoms with E-state index in [1.165, 1.54) is 21.7 Å². The summed E-state index contributed by atoms with van der Waals surface area (Å²) in [4.78, 5) is 18.1. The molecule has 0 radical (unpaired) electrons. The third-order valence-corrected chi connectivity index (χ3v) is 10.3. The normalized spacial score (nSPS) is 18.6. The number of thiazole rings is 1. The molecule has 1 aliphatic rings. The summed E-state index contributed by atoms with van der Waals surface area (Å²) in [6.07, 6.45) is 1.92. The van der Waals surface area contributed by atoms with Gasteiger partial charge in [-0.2, -0.15) is 9.30 Å². The summed E-state index contributed by atoms with van der Waals surface area (Å²) in [6.45, 7) is 2.28. The van der Waals surface area contributed by atoms with Crippen molar-refractivity contribution < 1.29 is 17.9 Å². The molecule has 1 saturated heterocycles. The van der Waals surface area contributed by atoms with Gasteiger partial charge in [0.05, 0.1) is 16.1 Å². The smallest absolute Gasteiger partial charge is 0.266 e. The van der Waals surface area contributed by atoms with E-state index in [9.17, 15) is 13.2 Å². The van der Waals surface area contributed by atoms with Crippen LogP contribution in [0.2, 0.25) is 4.34 Å². The Morgan fingerprint density at radius 3 is 2.68 bits per heavy atom. The lowest BCUT2D eigenvalue weighted by Gasteiger charge is -2.31. The molecule has 31 heavy (non-hydrogen) atoms. The molecule has 166 valence electrons. The van der Waals surface area contributed by atoms with Gasteiger partial charge in [0.25, 0.3) is 15.9 Å². The van der Waals surface area contributed by atoms with Crippen molar-refractivity contribution in [3.63, 3.8) is 0 Å². The van der Waals surface area contributed by atoms with E-state index in [4.69, 9.17) is 16.3 Å². The van der Waals surface area contributed by atoms with Crippen LogP contribution in [0.1, 0.15) is 24.8 Å². The number of rotatable bonds is 4. The first kappa shape index (κ1) is 22.5. The van der Waals surface area contributed by atoms with Gasteiger partial charge < -0.3 is 9.30 Å². The minimum Gasteiger partial charge on any atom is -0.495 e. The average Bonchev–Trinajstić information content (AvgIpc) is 3.33. The van der Waals surface area contributed by atoms with Gasteiger partial charge in [-0.15, -0.1) is 11.3 Å². The number of hydrogen-bond acceptors (Lipinski definition) is 6. The summed E-state index contributed by atoms with van der Waals surface area (Å²) < 4.78 is 36.4. The van der Waals surface area contributed by atoms with Crippen LogP contribution in [0.15, 0.2) is 33.5 Å². The molecule has 1 amide bonds. The minimum absolute atomic E-state index is 0.143. The number of hydrogen-bond donors (Lipinski definition) is 0. The second-order valence-electron chi connectivity index (χ2n) is 7.34. The van der Waals surface area contributed by atoms with Crippen molar-refractivity contribution in [3.05, 3.63) is 39.0 Å². The Morgan fingerprint density at radius 2 is 2.00 bits per heavy atom. The van der Waals surface area contributed by atoms with E-state index in [-0.39, 0.29) is 10.8 Å². The van der Waals surface area contributed by atoms with Gasteiger partial charge in [0.1, 0.15) is 21.5 Å². The first-order valence-electron chi connectivity index (χ1n) is 9.73. The fraction of sp³-hybridized carbons (Fsp3) is 0.400. The molecule has 0 spiro atoms. The molecule has 7 nitrogen and oxygen atoms in total. The van der Waals surface area contributed by atoms with E-state index < -0.39 is 22.0 Å². The molecule has 1 unspecified atom stereocenters. The Kier molecular flexibility index (Phi) is 6.28. The number of nitrogens with zero attached hydrogens (tertiary/aromatic N) is 3. The number of fused-ring (bicyclic) bond motifs is 1. The SMILES string of the molecule is COc1ccc(C)c2sc(=NC(=O)C3CCCCN3S(=O)(=O)c3ccc(Cl)s3)n(C)c12. The van der Waals surface area contributed by atoms with Gasteiger partial charge in [-0.1, -0.05) is 35.4 Å². The van der Waals surface area contributed by atoms with E-state index in [1.807, 2.05) is 30.7 Å². The molecule has 0 saturated carbocycles. The van der Waals surface area contributed by atoms with Gasteiger partial charge >= 0.3 is 0 Å². The highest BCUT2D eigenvalue weighted by atomic mass is 35.5. The van der Waals surface area contributed by atoms with Crippen molar-refractivity contribution >= 4 is 60.4 Å². The number of amides is 1. The molecule has 0 N–H and O–H groups in total. The maximum Gasteiger partial charge on any atom is 0.266 e. The summed E-state index contributed by atoms with van der Waals surface area (Å²) >= 11 is 8.33. The van der Waals surface area contributed by atoms with Crippen LogP contribution in [-0.4, -0.2) is 42.9 Å². The second-order valence-corrected chi connectivity index (χ2v) is 12.2. The predicted molar refractivity (Wildman–Crippen MR) is 124 cm³/mol. The Balaban J connectivity index is 1.75. The van der Waals surface area contributed by atoms with Crippen LogP contribution in [0.25, 0.3) is 10.2 Å². The van der Waals surface area contributed by atoms with E-state index in [0.717, 1.165) is 33.5 Å². The number of aromatic nitrogens is 1. The number of carbonyl (C=O) groups is 1. The molecular formula is C20H22ClN3O4S3. The molecular weight excluding hydrogens is 478 g/mol. The summed E-state index contributed by atoms with van der Waals surface area (Å²) in [6, 6.07) is 6.06. The molecule has 3 aromatic rings. The van der Waals surface area contributed by atoms with Crippen molar-refractivity contribution in [1.29, 1.82) is 0 Å². The van der Waals surface area contributed by atoms with E-state index >= 15 is 0 Å². The highest BCUT2D eigenvalue weighted by molar-refractivity contribution is 7.91. The minimum atomic E-state index is -3.82. The number of methoxy groups -OCH3 is 1. The second kappa shape index (κ2) is 8.67. The number of benzene rings is 1. The maximum atomic E-state index is 13.2. The van der Waals surface area contributed by atoms with Gasteiger partial charge in [0.2, 0.25) is 0 Å². The summed E-state index contributed by atoms with van der Waals surface area (Å²) in [5.74, 6) is 0.245. The molecule has 0 aliphatic carbocycles. The zero-order valence-corrected chi connectivity index (χ0v) is 20.5. The molecule has 0 bridgehead atoms. The number of halogens is 1. The van der Waals surface area contributed by atoms with Gasteiger partial charge in [0, 0.05) is 13.6 Å². The van der Waals surface area contributed by atoms with E-state index in [1.54, 1.807) is 13.2 Å². The van der Waals surface area contributed by atoms with Crippen LogP contribution < -0.4 is 9.54 Å². The number of aryl methyl sites for hydroxylation is 2. The molecule has 4 rings (SSSR count). The predicted octanol–water partition coefficient (Wildman–Crippen LogP) is 3.94. The van der Waals surface area contributed by atoms with Gasteiger partial charge in [0.15, 0.2) is 4.80 Å². The Hall–Kier alpha value is -1.72. The third-order valence-electron chi connectivity index (χ3n) is 5.38. The fourth-order valence-electron chi connectivity index (χ4n) is 3.78. The van der Waals surface area contributed by atoms with Gasteiger partial charge in [-0.05, 0) is 43.5 Å². The third kappa shape index (κ3) is 4.07. The molecule has 1 aromatic carbocycles. The van der Waals surface area contributed by atoms with Gasteiger partial charge in [-0.3, -0.25) is 4.79 Å². The molecule has 1 atom stereocenters. The Morgan fingerprint density at radius 1 is 1.23 bits per heavy atom. The van der Waals surface area contributed by atoms with Crippen LogP contribution in [0.4, 0.5) is 0 Å². The summed E-state index contributed by atoms with van der Waals surface area (Å²) in [7, 11) is -0.385. The van der Waals surface area contributed by atoms with E-state index in [0.29, 0.717) is 27.7 Å². The van der Waals surface area contributed by atoms with E-state index in [2.05, 4.69) is 4.99 Å². The van der Waals surface area contributed by atoms with Crippen molar-refractivity contribution in [3.8, 4) is 5.75 Å². The lowest BCUT2D eigenvalue weighted by atomic mass is 10.0. The first-order chi connectivity index (χ1) is 14.7. The number of piperidine rings is 1. The monoisotopic (exact) mass is 499 g/mol. The number of sulfonamides is 1. The van der Waals surface area contributed by atoms with Crippen LogP contribution >= 0.6 is 34.3 Å². The highest BCUT2D eigenvalue weighted by Gasteiger charge is 2.38. The Labute approximate surface area is 193 Å². The first-order valence-corrected chi connectivity index (χ1v) is 13.2. The zero-order valence-electron chi connectivity index (χ0n) is 17.3. The number of ether oxygens (including phenoxy) is 1. The Bertz CT molecular complexity index is 1320. The average molecular weight is 500 g/mol. The zero-order chi connectivity index (χ0) is 22.3. The van der Waals surface area contributed by atoms with Crippen molar-refractivity contribution in [1.82, 2.24) is 8.87 Å². The number of carbonyl (C=O) groups excluding carboxylic acids is 1. The highest BCUT2D eigenvalue weighted by Crippen LogP contribution is 2.32. The van der Waals surface area contributed by atoms with Crippen molar-refractivity contribution in [2.45, 2.75) is 36.4 Å². The van der Waals surface area contributed by atoms with Gasteiger partial charge in [-0.25, -0.2) is 8.42 Å². The van der Waals surface area contributed by atoms with Crippen molar-refractivity contribution in [2.24, 2.45) is 12.0 Å². The summed E-state index contributed by atoms with van der Waals surface area (Å²) in [5, 5.41) is 0. The maximum absolute atomic E-state index is 13.2. The molecule has 2 aromatic heterocycles. The quantitative estimate of drug-likeness (QED) is 0.544. The van der Waals surface area contributed by atoms with Crippen LogP contribution in [0.3, 0.4) is 0 Å². The number of thiophene rings is 1. The fourth-order valence-corrected chi connectivity index (χ4v) is 8.15. The van der Waals surface area contributed by atoms with Crippen LogP contribution in [0, 0.1) is 6.92 Å². The molecule has 11 heteroatoms. The molecule has 1 aliphatic heterocycles. The lowest BCUT2D eigenvalue weighted by molar-refractivity contribution is -0.122. The molecule has 3 heterocycles. The molecule has 1 fully saturated rings. The standard InChI is InChI=1S/C20H22ClN3O4S3/c1-12-7-8-14(28-3)17-18(12)30-20(23(17)2)22-19(25)13-6-4-5-11-24(13)31(26,27)16-10-9-15(21)29-16/h7-10,13H,4-6,11H2,1-3H3. The van der Waals surface area contributed by atoms with Crippen LogP contribution in [0.5, 0.6) is 5.75 Å². The van der Waals surface area contributed by atoms with Crippen LogP contribution in [-0.2, 0) is 21.9 Å². The lowest BCUT2D eigenvalue weighted by Crippen LogP contribution is -2.47. The largest absolute Gasteiger partial charge is 0.495 e. The van der Waals surface area contributed by atoms with Crippen molar-refractivity contribution in [2.75, 3.05) is 13.7 Å².